The minimum atomic E-state index is -4.47. The van der Waals surface area contributed by atoms with Gasteiger partial charge in [0.25, 0.3) is 0 Å². The van der Waals surface area contributed by atoms with Crippen LogP contribution in [0.1, 0.15) is 24.0 Å². The van der Waals surface area contributed by atoms with Crippen molar-refractivity contribution in [2.24, 2.45) is 0 Å². The van der Waals surface area contributed by atoms with Crippen molar-refractivity contribution in [3.05, 3.63) is 47.7 Å². The van der Waals surface area contributed by atoms with E-state index in [2.05, 4.69) is 4.98 Å². The minimum absolute atomic E-state index is 0.0292. The zero-order valence-corrected chi connectivity index (χ0v) is 13.1. The van der Waals surface area contributed by atoms with E-state index in [1.807, 2.05) is 0 Å². The summed E-state index contributed by atoms with van der Waals surface area (Å²) in [5.41, 5.74) is -1.16. The zero-order chi connectivity index (χ0) is 18.2. The number of hydrogen-bond acceptors (Lipinski definition) is 4. The van der Waals surface area contributed by atoms with E-state index in [0.717, 1.165) is 12.1 Å². The van der Waals surface area contributed by atoms with E-state index in [4.69, 9.17) is 9.47 Å². The number of nitrogens with zero attached hydrogens (tertiary/aromatic N) is 1. The number of carbonyl (C=O) groups is 1. The van der Waals surface area contributed by atoms with E-state index in [1.165, 1.54) is 13.2 Å². The van der Waals surface area contributed by atoms with Gasteiger partial charge in [-0.05, 0) is 36.6 Å². The molecule has 0 radical (unpaired) electrons. The van der Waals surface area contributed by atoms with Crippen molar-refractivity contribution >= 4 is 5.97 Å². The lowest BCUT2D eigenvalue weighted by Gasteiger charge is -2.15. The van der Waals surface area contributed by atoms with E-state index in [1.54, 1.807) is 12.1 Å². The molecule has 1 aromatic heterocycles. The van der Waals surface area contributed by atoms with E-state index in [0.29, 0.717) is 24.6 Å². The molecular formula is C17H14F3NO4. The number of pyridine rings is 1. The fourth-order valence-corrected chi connectivity index (χ4v) is 2.52. The van der Waals surface area contributed by atoms with Crippen LogP contribution in [0.5, 0.6) is 17.4 Å². The molecule has 8 heteroatoms. The van der Waals surface area contributed by atoms with Crippen LogP contribution in [0.3, 0.4) is 0 Å². The number of ether oxygens (including phenoxy) is 2. The van der Waals surface area contributed by atoms with Gasteiger partial charge in [-0.15, -0.1) is 0 Å². The number of hydrogen-bond donors (Lipinski definition) is 1. The van der Waals surface area contributed by atoms with Gasteiger partial charge in [0.05, 0.1) is 18.1 Å². The molecule has 1 aliphatic carbocycles. The molecule has 0 amide bonds. The van der Waals surface area contributed by atoms with E-state index < -0.39 is 23.1 Å². The summed E-state index contributed by atoms with van der Waals surface area (Å²) in [4.78, 5) is 15.0. The lowest BCUT2D eigenvalue weighted by molar-refractivity contribution is -0.140. The van der Waals surface area contributed by atoms with Crippen LogP contribution >= 0.6 is 0 Å². The van der Waals surface area contributed by atoms with Gasteiger partial charge < -0.3 is 14.6 Å². The summed E-state index contributed by atoms with van der Waals surface area (Å²) >= 11 is 0. The number of methoxy groups -OCH3 is 1. The van der Waals surface area contributed by atoms with Gasteiger partial charge in [-0.2, -0.15) is 13.2 Å². The largest absolute Gasteiger partial charge is 0.493 e. The van der Waals surface area contributed by atoms with Crippen molar-refractivity contribution < 1.29 is 32.5 Å². The zero-order valence-electron chi connectivity index (χ0n) is 13.1. The monoisotopic (exact) mass is 353 g/mol. The highest BCUT2D eigenvalue weighted by molar-refractivity contribution is 5.85. The van der Waals surface area contributed by atoms with Gasteiger partial charge >= 0.3 is 12.1 Å². The van der Waals surface area contributed by atoms with Crippen LogP contribution in [-0.2, 0) is 16.4 Å². The average molecular weight is 353 g/mol. The van der Waals surface area contributed by atoms with E-state index in [-0.39, 0.29) is 17.4 Å². The Hall–Kier alpha value is -2.77. The molecular weight excluding hydrogens is 339 g/mol. The van der Waals surface area contributed by atoms with E-state index in [9.17, 15) is 23.1 Å². The Bertz CT molecular complexity index is 799. The maximum atomic E-state index is 12.5. The molecule has 1 fully saturated rings. The fraction of sp³-hybridized carbons (Fsp3) is 0.294. The lowest BCUT2D eigenvalue weighted by Crippen LogP contribution is -2.19. The Morgan fingerprint density at radius 1 is 1.20 bits per heavy atom. The molecule has 0 unspecified atom stereocenters. The van der Waals surface area contributed by atoms with Gasteiger partial charge in [0.2, 0.25) is 5.88 Å². The number of halogens is 3. The molecule has 0 spiro atoms. The summed E-state index contributed by atoms with van der Waals surface area (Å²) in [6, 6.07) is 6.68. The molecule has 132 valence electrons. The highest BCUT2D eigenvalue weighted by atomic mass is 19.4. The second-order valence-electron chi connectivity index (χ2n) is 5.74. The summed E-state index contributed by atoms with van der Waals surface area (Å²) < 4.78 is 48.3. The van der Waals surface area contributed by atoms with Gasteiger partial charge in [-0.3, -0.25) is 4.79 Å². The van der Waals surface area contributed by atoms with Gasteiger partial charge in [0.1, 0.15) is 0 Å². The van der Waals surface area contributed by atoms with Crippen molar-refractivity contribution in [3.8, 4) is 17.4 Å². The summed E-state index contributed by atoms with van der Waals surface area (Å²) in [6.07, 6.45) is -2.70. The van der Waals surface area contributed by atoms with Crippen LogP contribution in [0.25, 0.3) is 0 Å². The molecule has 0 aliphatic heterocycles. The van der Waals surface area contributed by atoms with Crippen molar-refractivity contribution in [2.75, 3.05) is 7.11 Å². The van der Waals surface area contributed by atoms with Crippen LogP contribution in [0, 0.1) is 0 Å². The first kappa shape index (κ1) is 17.1. The number of alkyl halides is 3. The van der Waals surface area contributed by atoms with Crippen molar-refractivity contribution in [3.63, 3.8) is 0 Å². The molecule has 1 saturated carbocycles. The van der Waals surface area contributed by atoms with Gasteiger partial charge in [-0.25, -0.2) is 4.98 Å². The highest BCUT2D eigenvalue weighted by Gasteiger charge is 2.52. The molecule has 25 heavy (non-hydrogen) atoms. The fourth-order valence-electron chi connectivity index (χ4n) is 2.52. The minimum Gasteiger partial charge on any atom is -0.493 e. The summed E-state index contributed by atoms with van der Waals surface area (Å²) in [5, 5.41) is 9.34. The van der Waals surface area contributed by atoms with E-state index >= 15 is 0 Å². The average Bonchev–Trinajstić information content (AvgIpc) is 3.37. The first-order valence-electron chi connectivity index (χ1n) is 7.39. The molecule has 1 aromatic carbocycles. The third-order valence-electron chi connectivity index (χ3n) is 4.15. The van der Waals surface area contributed by atoms with Crippen molar-refractivity contribution in [1.29, 1.82) is 0 Å². The van der Waals surface area contributed by atoms with Gasteiger partial charge in [0, 0.05) is 12.3 Å². The first-order valence-corrected chi connectivity index (χ1v) is 7.39. The molecule has 1 heterocycles. The molecule has 2 aromatic rings. The molecule has 3 rings (SSSR count). The number of benzene rings is 1. The SMILES string of the molecule is COc1cc(C2(C(=O)O)CC2)ccc1Oc1ccc(C(F)(F)F)cn1. The van der Waals surface area contributed by atoms with Crippen LogP contribution in [0.15, 0.2) is 36.5 Å². The number of rotatable bonds is 5. The predicted octanol–water partition coefficient (Wildman–Crippen LogP) is 4.02. The quantitative estimate of drug-likeness (QED) is 0.879. The molecule has 0 saturated heterocycles. The normalized spacial score (nSPS) is 15.5. The Kier molecular flexibility index (Phi) is 4.06. The topological polar surface area (TPSA) is 68.7 Å². The molecule has 1 aliphatic rings. The maximum absolute atomic E-state index is 12.5. The predicted molar refractivity (Wildman–Crippen MR) is 80.9 cm³/mol. The van der Waals surface area contributed by atoms with Crippen LogP contribution < -0.4 is 9.47 Å². The molecule has 0 atom stereocenters. The Balaban J connectivity index is 1.84. The Morgan fingerprint density at radius 3 is 2.40 bits per heavy atom. The number of carboxylic acid groups (broad SMARTS) is 1. The second kappa shape index (κ2) is 5.94. The maximum Gasteiger partial charge on any atom is 0.417 e. The third kappa shape index (κ3) is 3.24. The van der Waals surface area contributed by atoms with Crippen molar-refractivity contribution in [1.82, 2.24) is 4.98 Å². The van der Waals surface area contributed by atoms with Crippen LogP contribution in [-0.4, -0.2) is 23.2 Å². The highest BCUT2D eigenvalue weighted by Crippen LogP contribution is 2.50. The summed E-state index contributed by atoms with van der Waals surface area (Å²) in [6.45, 7) is 0. The summed E-state index contributed by atoms with van der Waals surface area (Å²) in [7, 11) is 1.40. The van der Waals surface area contributed by atoms with Crippen molar-refractivity contribution in [2.45, 2.75) is 24.4 Å². The van der Waals surface area contributed by atoms with Gasteiger partial charge in [0.15, 0.2) is 11.5 Å². The lowest BCUT2D eigenvalue weighted by atomic mass is 9.96. The smallest absolute Gasteiger partial charge is 0.417 e. The number of aliphatic carboxylic acids is 1. The van der Waals surface area contributed by atoms with Crippen LogP contribution in [0.2, 0.25) is 0 Å². The molecule has 1 N–H and O–H groups in total. The third-order valence-corrected chi connectivity index (χ3v) is 4.15. The molecule has 5 nitrogen and oxygen atoms in total. The second-order valence-corrected chi connectivity index (χ2v) is 5.74. The standard InChI is InChI=1S/C17H14F3NO4/c1-24-13-8-10(16(6-7-16)15(22)23)2-4-12(13)25-14-5-3-11(9-21-14)17(18,19)20/h2-5,8-9H,6-7H2,1H3,(H,22,23). The van der Waals surface area contributed by atoms with Crippen LogP contribution in [0.4, 0.5) is 13.2 Å². The number of carboxylic acids is 1. The number of aromatic nitrogens is 1. The Labute approximate surface area is 141 Å². The Morgan fingerprint density at radius 2 is 1.92 bits per heavy atom. The summed E-state index contributed by atoms with van der Waals surface area (Å²) in [5.74, 6) is -0.405. The molecule has 0 bridgehead atoms. The van der Waals surface area contributed by atoms with Gasteiger partial charge in [-0.1, -0.05) is 6.07 Å². The first-order chi connectivity index (χ1) is 11.8.